The molecular formula is C28H30F2N3O2S2+. The molecule has 1 aliphatic rings. The van der Waals surface area contributed by atoms with Gasteiger partial charge in [-0.05, 0) is 54.0 Å². The number of carbonyl (C=O) groups is 1. The van der Waals surface area contributed by atoms with Gasteiger partial charge in [-0.25, -0.2) is 13.6 Å². The van der Waals surface area contributed by atoms with Crippen molar-refractivity contribution in [3.8, 4) is 0 Å². The van der Waals surface area contributed by atoms with E-state index in [2.05, 4.69) is 24.4 Å². The summed E-state index contributed by atoms with van der Waals surface area (Å²) < 4.78 is 34.5. The first-order valence-corrected chi connectivity index (χ1v) is 13.4. The van der Waals surface area contributed by atoms with Gasteiger partial charge in [0.05, 0.1) is 4.90 Å². The van der Waals surface area contributed by atoms with Crippen molar-refractivity contribution in [1.29, 1.82) is 0 Å². The lowest BCUT2D eigenvalue weighted by molar-refractivity contribution is -0.155. The third kappa shape index (κ3) is 5.06. The maximum atomic E-state index is 14.5. The fourth-order valence-electron chi connectivity index (χ4n) is 4.85. The van der Waals surface area contributed by atoms with Crippen LogP contribution in [0.1, 0.15) is 37.8 Å². The van der Waals surface area contributed by atoms with Crippen LogP contribution in [0.5, 0.6) is 0 Å². The molecule has 2 atom stereocenters. The Balaban J connectivity index is 1.70. The number of para-hydroxylation sites is 1. The van der Waals surface area contributed by atoms with E-state index in [4.69, 9.17) is 22.7 Å². The number of nitrogens with zero attached hydrogens (tertiary/aromatic N) is 1. The highest BCUT2D eigenvalue weighted by atomic mass is 32.2. The van der Waals surface area contributed by atoms with Crippen molar-refractivity contribution in [2.24, 2.45) is 5.73 Å². The molecule has 0 saturated carbocycles. The van der Waals surface area contributed by atoms with Crippen LogP contribution in [0.2, 0.25) is 0 Å². The summed E-state index contributed by atoms with van der Waals surface area (Å²) in [5, 5.41) is 3.13. The van der Waals surface area contributed by atoms with E-state index in [1.54, 1.807) is 12.1 Å². The monoisotopic (exact) mass is 542 g/mol. The van der Waals surface area contributed by atoms with Gasteiger partial charge in [-0.2, -0.15) is 4.48 Å². The minimum atomic E-state index is -1.77. The second-order valence-electron chi connectivity index (χ2n) is 8.98. The number of carbonyl (C=O) groups excluding carboxylic acids is 1. The molecule has 1 aliphatic heterocycles. The number of hydrogen-bond donors (Lipinski definition) is 2. The summed E-state index contributed by atoms with van der Waals surface area (Å²) in [5.41, 5.74) is 8.21. The molecule has 0 saturated heterocycles. The third-order valence-electron chi connectivity index (χ3n) is 6.55. The van der Waals surface area contributed by atoms with Crippen LogP contribution in [-0.4, -0.2) is 22.7 Å². The van der Waals surface area contributed by atoms with E-state index in [9.17, 15) is 13.6 Å². The molecule has 0 spiro atoms. The zero-order valence-electron chi connectivity index (χ0n) is 20.8. The van der Waals surface area contributed by atoms with Gasteiger partial charge in [0, 0.05) is 37.2 Å². The van der Waals surface area contributed by atoms with Gasteiger partial charge in [-0.15, -0.1) is 0 Å². The molecule has 5 nitrogen and oxygen atoms in total. The number of thiocarbonyl (C=S) groups is 1. The SMILES string of the molecule is CCC[C@@](N)(C(=O)OCNCc1cccc(CC)c1)[N+]1(c2cc(F)cc(F)c2)C(=S)Sc2ccccc21. The van der Waals surface area contributed by atoms with Crippen molar-refractivity contribution in [1.82, 2.24) is 9.80 Å². The Labute approximate surface area is 225 Å². The van der Waals surface area contributed by atoms with E-state index in [0.29, 0.717) is 23.0 Å². The number of quaternary nitrogens is 1. The highest BCUT2D eigenvalue weighted by Gasteiger charge is 2.64. The quantitative estimate of drug-likeness (QED) is 0.0783. The van der Waals surface area contributed by atoms with Crippen LogP contribution in [0.4, 0.5) is 20.2 Å². The lowest BCUT2D eigenvalue weighted by Gasteiger charge is -2.44. The molecule has 194 valence electrons. The van der Waals surface area contributed by atoms with E-state index in [1.165, 1.54) is 29.5 Å². The summed E-state index contributed by atoms with van der Waals surface area (Å²) in [5.74, 6) is -2.28. The Hall–Kier alpha value is -2.69. The molecule has 0 aromatic heterocycles. The lowest BCUT2D eigenvalue weighted by Crippen LogP contribution is -2.73. The summed E-state index contributed by atoms with van der Waals surface area (Å²) >= 11 is 7.08. The van der Waals surface area contributed by atoms with E-state index < -0.39 is 27.7 Å². The van der Waals surface area contributed by atoms with Crippen molar-refractivity contribution in [2.75, 3.05) is 6.73 Å². The number of benzene rings is 3. The van der Waals surface area contributed by atoms with Crippen molar-refractivity contribution >= 4 is 45.6 Å². The molecule has 37 heavy (non-hydrogen) atoms. The number of aryl methyl sites for hydroxylation is 1. The predicted molar refractivity (Wildman–Crippen MR) is 148 cm³/mol. The van der Waals surface area contributed by atoms with Crippen molar-refractivity contribution in [3.05, 3.63) is 89.5 Å². The first-order chi connectivity index (χ1) is 17.8. The van der Waals surface area contributed by atoms with Crippen LogP contribution in [-0.2, 0) is 22.5 Å². The van der Waals surface area contributed by atoms with Gasteiger partial charge in [0.2, 0.25) is 0 Å². The molecule has 1 heterocycles. The Morgan fingerprint density at radius 2 is 1.76 bits per heavy atom. The summed E-state index contributed by atoms with van der Waals surface area (Å²) in [6, 6.07) is 18.6. The lowest BCUT2D eigenvalue weighted by atomic mass is 9.96. The fraction of sp³-hybridized carbons (Fsp3) is 0.286. The van der Waals surface area contributed by atoms with Crippen molar-refractivity contribution in [3.63, 3.8) is 0 Å². The molecule has 3 aromatic rings. The van der Waals surface area contributed by atoms with Crippen molar-refractivity contribution in [2.45, 2.75) is 50.2 Å². The first kappa shape index (κ1) is 27.3. The number of hydrogen-bond acceptors (Lipinski definition) is 6. The third-order valence-corrected chi connectivity index (χ3v) is 8.09. The number of rotatable bonds is 10. The predicted octanol–water partition coefficient (Wildman–Crippen LogP) is 6.30. The average molecular weight is 543 g/mol. The van der Waals surface area contributed by atoms with E-state index >= 15 is 0 Å². The maximum Gasteiger partial charge on any atom is 0.387 e. The summed E-state index contributed by atoms with van der Waals surface area (Å²) in [6.07, 6.45) is 1.60. The molecule has 0 amide bonds. The number of ether oxygens (including phenoxy) is 1. The standard InChI is InChI=1S/C28H30F2N3O2S2/c1-3-12-28(31,26(34)35-18-32-17-20-9-7-8-19(4-2)13-20)33(23-15-21(29)14-22(30)16-23)24-10-5-6-11-25(24)37-27(33)36/h5-11,13-16,32H,3-4,12,17-18,31H2,1-2H3/q+1/t28-,33?/m0/s1. The molecule has 9 heteroatoms. The zero-order chi connectivity index (χ0) is 26.6. The second-order valence-corrected chi connectivity index (χ2v) is 10.7. The van der Waals surface area contributed by atoms with Gasteiger partial charge in [0.25, 0.3) is 9.98 Å². The first-order valence-electron chi connectivity index (χ1n) is 12.2. The molecule has 4 rings (SSSR count). The minimum Gasteiger partial charge on any atom is -0.444 e. The zero-order valence-corrected chi connectivity index (χ0v) is 22.4. The molecule has 0 radical (unpaired) electrons. The number of esters is 1. The van der Waals surface area contributed by atoms with Crippen LogP contribution in [0, 0.1) is 11.6 Å². The number of nitrogens with one attached hydrogen (secondary N) is 1. The van der Waals surface area contributed by atoms with Gasteiger partial charge in [-0.3, -0.25) is 11.1 Å². The largest absolute Gasteiger partial charge is 0.444 e. The van der Waals surface area contributed by atoms with Gasteiger partial charge < -0.3 is 4.74 Å². The minimum absolute atomic E-state index is 0.0864. The second kappa shape index (κ2) is 11.4. The summed E-state index contributed by atoms with van der Waals surface area (Å²) in [4.78, 5) is 14.6. The molecule has 0 fully saturated rings. The van der Waals surface area contributed by atoms with Crippen LogP contribution >= 0.6 is 24.0 Å². The number of nitrogens with two attached hydrogens (primary N) is 1. The summed E-state index contributed by atoms with van der Waals surface area (Å²) in [6.45, 7) is 4.38. The van der Waals surface area contributed by atoms with Crippen LogP contribution in [0.25, 0.3) is 0 Å². The Bertz CT molecular complexity index is 1300. The maximum absolute atomic E-state index is 14.5. The fourth-order valence-corrected chi connectivity index (χ4v) is 6.64. The molecule has 3 N–H and O–H groups in total. The molecular weight excluding hydrogens is 512 g/mol. The van der Waals surface area contributed by atoms with Crippen LogP contribution < -0.4 is 15.5 Å². The smallest absolute Gasteiger partial charge is 0.387 e. The molecule has 1 unspecified atom stereocenters. The van der Waals surface area contributed by atoms with Gasteiger partial charge in [-0.1, -0.05) is 50.2 Å². The Morgan fingerprint density at radius 1 is 1.05 bits per heavy atom. The van der Waals surface area contributed by atoms with Crippen LogP contribution in [0.15, 0.2) is 71.6 Å². The normalized spacial score (nSPS) is 18.4. The van der Waals surface area contributed by atoms with E-state index in [-0.39, 0.29) is 18.8 Å². The van der Waals surface area contributed by atoms with Crippen molar-refractivity contribution < 1.29 is 18.3 Å². The number of fused-ring (bicyclic) bond motifs is 1. The molecule has 3 aromatic carbocycles. The van der Waals surface area contributed by atoms with Crippen LogP contribution in [0.3, 0.4) is 0 Å². The summed E-state index contributed by atoms with van der Waals surface area (Å²) in [7, 11) is 0. The van der Waals surface area contributed by atoms with Gasteiger partial charge in [0.1, 0.15) is 18.4 Å². The number of thioether (sulfide) groups is 1. The van der Waals surface area contributed by atoms with Gasteiger partial charge >= 0.3 is 5.97 Å². The molecule has 0 bridgehead atoms. The average Bonchev–Trinajstić information content (AvgIpc) is 3.19. The Kier molecular flexibility index (Phi) is 8.40. The van der Waals surface area contributed by atoms with E-state index in [0.717, 1.165) is 22.9 Å². The van der Waals surface area contributed by atoms with E-state index in [1.807, 2.05) is 31.2 Å². The highest BCUT2D eigenvalue weighted by Crippen LogP contribution is 2.55. The molecule has 0 aliphatic carbocycles. The highest BCUT2D eigenvalue weighted by molar-refractivity contribution is 8.23. The number of halogens is 2. The Morgan fingerprint density at radius 3 is 2.46 bits per heavy atom. The van der Waals surface area contributed by atoms with Gasteiger partial charge in [0.15, 0.2) is 11.4 Å². The topological polar surface area (TPSA) is 64.4 Å².